The van der Waals surface area contributed by atoms with Crippen LogP contribution in [0.25, 0.3) is 11.1 Å². The van der Waals surface area contributed by atoms with E-state index < -0.39 is 0 Å². The number of rotatable bonds is 3. The molecule has 0 amide bonds. The van der Waals surface area contributed by atoms with Crippen LogP contribution in [-0.2, 0) is 9.53 Å². The Morgan fingerprint density at radius 3 is 3.06 bits per heavy atom. The van der Waals surface area contributed by atoms with Crippen LogP contribution in [0.15, 0.2) is 27.8 Å². The van der Waals surface area contributed by atoms with Crippen molar-refractivity contribution in [3.63, 3.8) is 0 Å². The van der Waals surface area contributed by atoms with Crippen LogP contribution < -0.4 is 5.73 Å². The lowest BCUT2D eigenvalue weighted by Gasteiger charge is -2.04. The van der Waals surface area contributed by atoms with E-state index in [1.54, 1.807) is 25.1 Å². The smallest absolute Gasteiger partial charge is 0.319 e. The molecule has 1 unspecified atom stereocenters. The number of nitrogen functional groups attached to an aromatic ring is 1. The summed E-state index contributed by atoms with van der Waals surface area (Å²) in [5.41, 5.74) is 7.61. The van der Waals surface area contributed by atoms with E-state index in [-0.39, 0.29) is 11.2 Å². The molecular formula is C11H12N2O3S. The predicted molar refractivity (Wildman–Crippen MR) is 65.8 cm³/mol. The first-order chi connectivity index (χ1) is 8.10. The second kappa shape index (κ2) is 4.67. The highest BCUT2D eigenvalue weighted by Crippen LogP contribution is 2.27. The maximum Gasteiger partial charge on any atom is 0.319 e. The van der Waals surface area contributed by atoms with E-state index in [0.717, 1.165) is 0 Å². The number of fused-ring (bicyclic) bond motifs is 1. The number of nitrogens with zero attached hydrogens (tertiary/aromatic N) is 1. The Hall–Kier alpha value is -1.69. The van der Waals surface area contributed by atoms with Crippen molar-refractivity contribution in [1.29, 1.82) is 0 Å². The molecule has 0 saturated heterocycles. The first-order valence-electron chi connectivity index (χ1n) is 5.00. The summed E-state index contributed by atoms with van der Waals surface area (Å²) in [7, 11) is 1.35. The topological polar surface area (TPSA) is 78.3 Å². The highest BCUT2D eigenvalue weighted by Gasteiger charge is 2.18. The van der Waals surface area contributed by atoms with Gasteiger partial charge in [-0.05, 0) is 25.1 Å². The molecular weight excluding hydrogens is 240 g/mol. The fourth-order valence-electron chi connectivity index (χ4n) is 1.34. The van der Waals surface area contributed by atoms with Crippen molar-refractivity contribution in [2.75, 3.05) is 12.8 Å². The second-order valence-corrected chi connectivity index (χ2v) is 4.78. The molecule has 2 aromatic rings. The number of esters is 1. The van der Waals surface area contributed by atoms with Crippen LogP contribution in [0, 0.1) is 0 Å². The van der Waals surface area contributed by atoms with Crippen LogP contribution in [0.1, 0.15) is 6.92 Å². The summed E-state index contributed by atoms with van der Waals surface area (Å²) in [5, 5.41) is 0.0777. The molecule has 5 nitrogen and oxygen atoms in total. The Balaban J connectivity index is 2.22. The van der Waals surface area contributed by atoms with E-state index in [1.807, 2.05) is 0 Å². The van der Waals surface area contributed by atoms with Gasteiger partial charge in [-0.1, -0.05) is 11.8 Å². The third kappa shape index (κ3) is 2.52. The monoisotopic (exact) mass is 252 g/mol. The minimum absolute atomic E-state index is 0.309. The van der Waals surface area contributed by atoms with Gasteiger partial charge in [0.05, 0.1) is 7.11 Å². The average Bonchev–Trinajstić information content (AvgIpc) is 2.69. The maximum atomic E-state index is 11.3. The minimum atomic E-state index is -0.356. The highest BCUT2D eigenvalue weighted by molar-refractivity contribution is 8.00. The van der Waals surface area contributed by atoms with Gasteiger partial charge in [-0.2, -0.15) is 0 Å². The molecule has 0 aliphatic rings. The van der Waals surface area contributed by atoms with E-state index in [9.17, 15) is 4.79 Å². The Kier molecular flexibility index (Phi) is 3.23. The van der Waals surface area contributed by atoms with Gasteiger partial charge in [0.15, 0.2) is 5.58 Å². The molecule has 0 aliphatic carbocycles. The molecule has 1 aromatic heterocycles. The zero-order valence-corrected chi connectivity index (χ0v) is 10.3. The van der Waals surface area contributed by atoms with Gasteiger partial charge in [0.1, 0.15) is 10.8 Å². The molecule has 1 atom stereocenters. The Labute approximate surface area is 102 Å². The molecule has 0 aliphatic heterocycles. The summed E-state index contributed by atoms with van der Waals surface area (Å²) in [6.07, 6.45) is 0. The van der Waals surface area contributed by atoms with Gasteiger partial charge in [0.2, 0.25) is 0 Å². The van der Waals surface area contributed by atoms with Crippen LogP contribution in [-0.4, -0.2) is 23.3 Å². The van der Waals surface area contributed by atoms with Crippen molar-refractivity contribution in [1.82, 2.24) is 4.98 Å². The normalized spacial score (nSPS) is 12.6. The fraction of sp³-hybridized carbons (Fsp3) is 0.273. The summed E-state index contributed by atoms with van der Waals surface area (Å²) >= 11 is 1.21. The molecule has 2 N–H and O–H groups in total. The lowest BCUT2D eigenvalue weighted by atomic mass is 10.3. The van der Waals surface area contributed by atoms with Gasteiger partial charge in [-0.15, -0.1) is 0 Å². The number of carbonyl (C=O) groups is 1. The quantitative estimate of drug-likeness (QED) is 0.512. The van der Waals surface area contributed by atoms with E-state index in [2.05, 4.69) is 9.72 Å². The van der Waals surface area contributed by atoms with Crippen molar-refractivity contribution >= 4 is 34.5 Å². The summed E-state index contributed by atoms with van der Waals surface area (Å²) < 4.78 is 10.1. The van der Waals surface area contributed by atoms with Crippen LogP contribution in [0.5, 0.6) is 0 Å². The van der Waals surface area contributed by atoms with Gasteiger partial charge >= 0.3 is 5.97 Å². The third-order valence-corrected chi connectivity index (χ3v) is 3.12. The first kappa shape index (κ1) is 11.8. The standard InChI is InChI=1S/C11H12N2O3S/c1-6(10(14)15-2)17-11-13-8-5-7(12)3-4-9(8)16-11/h3-6H,12H2,1-2H3. The summed E-state index contributed by atoms with van der Waals surface area (Å²) in [6, 6.07) is 5.22. The van der Waals surface area contributed by atoms with Gasteiger partial charge in [0.25, 0.3) is 5.22 Å². The zero-order chi connectivity index (χ0) is 12.4. The fourth-order valence-corrected chi connectivity index (χ4v) is 2.12. The largest absolute Gasteiger partial charge is 0.468 e. The second-order valence-electron chi connectivity index (χ2n) is 3.49. The van der Waals surface area contributed by atoms with Gasteiger partial charge in [-0.25, -0.2) is 4.98 Å². The Morgan fingerprint density at radius 1 is 1.59 bits per heavy atom. The molecule has 0 saturated carbocycles. The average molecular weight is 252 g/mol. The third-order valence-electron chi connectivity index (χ3n) is 2.20. The van der Waals surface area contributed by atoms with Crippen molar-refractivity contribution in [3.8, 4) is 0 Å². The van der Waals surface area contributed by atoms with Crippen molar-refractivity contribution in [2.24, 2.45) is 0 Å². The molecule has 1 heterocycles. The molecule has 0 fully saturated rings. The van der Waals surface area contributed by atoms with Crippen LogP contribution in [0.2, 0.25) is 0 Å². The number of thioether (sulfide) groups is 1. The van der Waals surface area contributed by atoms with Crippen LogP contribution >= 0.6 is 11.8 Å². The number of oxazole rings is 1. The Bertz CT molecular complexity index is 553. The molecule has 6 heteroatoms. The lowest BCUT2D eigenvalue weighted by molar-refractivity contribution is -0.139. The van der Waals surface area contributed by atoms with Crippen LogP contribution in [0.3, 0.4) is 0 Å². The van der Waals surface area contributed by atoms with Crippen molar-refractivity contribution in [2.45, 2.75) is 17.4 Å². The molecule has 17 heavy (non-hydrogen) atoms. The number of hydrogen-bond acceptors (Lipinski definition) is 6. The molecule has 1 aromatic carbocycles. The first-order valence-corrected chi connectivity index (χ1v) is 5.88. The van der Waals surface area contributed by atoms with Crippen molar-refractivity contribution in [3.05, 3.63) is 18.2 Å². The highest BCUT2D eigenvalue weighted by atomic mass is 32.2. The number of hydrogen-bond donors (Lipinski definition) is 1. The summed E-state index contributed by atoms with van der Waals surface area (Å²) in [4.78, 5) is 15.5. The van der Waals surface area contributed by atoms with Gasteiger partial charge in [-0.3, -0.25) is 4.79 Å². The van der Waals surface area contributed by atoms with E-state index in [0.29, 0.717) is 22.0 Å². The van der Waals surface area contributed by atoms with E-state index in [1.165, 1.54) is 18.9 Å². The van der Waals surface area contributed by atoms with E-state index >= 15 is 0 Å². The summed E-state index contributed by atoms with van der Waals surface area (Å²) in [5.74, 6) is -0.309. The Morgan fingerprint density at radius 2 is 2.35 bits per heavy atom. The zero-order valence-electron chi connectivity index (χ0n) is 9.47. The SMILES string of the molecule is COC(=O)C(C)Sc1nc2cc(N)ccc2o1. The number of ether oxygens (including phenoxy) is 1. The maximum absolute atomic E-state index is 11.3. The number of nitrogens with two attached hydrogens (primary N) is 1. The molecule has 90 valence electrons. The van der Waals surface area contributed by atoms with Crippen LogP contribution in [0.4, 0.5) is 5.69 Å². The molecule has 2 rings (SSSR count). The molecule has 0 spiro atoms. The van der Waals surface area contributed by atoms with Gasteiger partial charge < -0.3 is 14.9 Å². The van der Waals surface area contributed by atoms with Gasteiger partial charge in [0, 0.05) is 5.69 Å². The number of benzene rings is 1. The predicted octanol–water partition coefficient (Wildman–Crippen LogP) is 2.06. The van der Waals surface area contributed by atoms with E-state index in [4.69, 9.17) is 10.2 Å². The lowest BCUT2D eigenvalue weighted by Crippen LogP contribution is -2.14. The molecule has 0 radical (unpaired) electrons. The number of anilines is 1. The molecule has 0 bridgehead atoms. The minimum Gasteiger partial charge on any atom is -0.468 e. The summed E-state index contributed by atoms with van der Waals surface area (Å²) in [6.45, 7) is 1.74. The number of methoxy groups -OCH3 is 1. The number of aromatic nitrogens is 1. The number of carbonyl (C=O) groups excluding carboxylic acids is 1. The van der Waals surface area contributed by atoms with Crippen molar-refractivity contribution < 1.29 is 13.9 Å².